The van der Waals surface area contributed by atoms with Gasteiger partial charge in [0.1, 0.15) is 0 Å². The van der Waals surface area contributed by atoms with E-state index < -0.39 is 11.9 Å². The van der Waals surface area contributed by atoms with Crippen molar-refractivity contribution in [3.8, 4) is 0 Å². The Kier molecular flexibility index (Phi) is 3.48. The van der Waals surface area contributed by atoms with Gasteiger partial charge in [0.15, 0.2) is 0 Å². The van der Waals surface area contributed by atoms with Gasteiger partial charge in [-0.15, -0.1) is 0 Å². The number of amides is 1. The lowest BCUT2D eigenvalue weighted by Gasteiger charge is -2.33. The third-order valence-corrected chi connectivity index (χ3v) is 4.38. The van der Waals surface area contributed by atoms with Crippen LogP contribution in [0.2, 0.25) is 0 Å². The topological polar surface area (TPSA) is 66.8 Å². The van der Waals surface area contributed by atoms with Gasteiger partial charge in [0.05, 0.1) is 17.9 Å². The third-order valence-electron chi connectivity index (χ3n) is 4.38. The first-order chi connectivity index (χ1) is 9.15. The predicted molar refractivity (Wildman–Crippen MR) is 67.5 cm³/mol. The molecule has 1 heterocycles. The van der Waals surface area contributed by atoms with Crippen LogP contribution in [0.4, 0.5) is 0 Å². The number of carboxylic acids is 1. The summed E-state index contributed by atoms with van der Waals surface area (Å²) < 4.78 is 5.85. The van der Waals surface area contributed by atoms with Gasteiger partial charge in [-0.2, -0.15) is 0 Å². The fourth-order valence-electron chi connectivity index (χ4n) is 2.81. The number of aliphatic carboxylic acids is 1. The number of nitrogens with zero attached hydrogens (tertiary/aromatic N) is 1. The molecule has 2 saturated carbocycles. The molecule has 0 aromatic heterocycles. The molecule has 0 bridgehead atoms. The molecule has 19 heavy (non-hydrogen) atoms. The van der Waals surface area contributed by atoms with Gasteiger partial charge in [-0.3, -0.25) is 9.59 Å². The summed E-state index contributed by atoms with van der Waals surface area (Å²) in [5.74, 6) is -0.796. The average Bonchev–Trinajstić information content (AvgIpc) is 3.28. The van der Waals surface area contributed by atoms with Crippen LogP contribution in [-0.4, -0.2) is 47.7 Å². The number of piperidine rings is 1. The van der Waals surface area contributed by atoms with Gasteiger partial charge >= 0.3 is 5.97 Å². The normalized spacial score (nSPS) is 34.1. The van der Waals surface area contributed by atoms with Crippen LogP contribution in [0.5, 0.6) is 0 Å². The van der Waals surface area contributed by atoms with Crippen LogP contribution >= 0.6 is 0 Å². The lowest BCUT2D eigenvalue weighted by molar-refractivity contribution is -0.143. The molecule has 3 atom stereocenters. The first kappa shape index (κ1) is 12.9. The van der Waals surface area contributed by atoms with Crippen molar-refractivity contribution in [3.63, 3.8) is 0 Å². The first-order valence-corrected chi connectivity index (χ1v) is 7.28. The maximum Gasteiger partial charge on any atom is 0.307 e. The summed E-state index contributed by atoms with van der Waals surface area (Å²) in [5, 5.41) is 8.88. The SMILES string of the molecule is O=C(O)C1CC1C(=O)N1CCCC(OCC2CC2)C1. The van der Waals surface area contributed by atoms with Crippen LogP contribution < -0.4 is 0 Å². The second-order valence-electron chi connectivity index (χ2n) is 6.11. The van der Waals surface area contributed by atoms with E-state index in [1.807, 2.05) is 4.90 Å². The molecule has 1 amide bonds. The molecule has 3 unspecified atom stereocenters. The lowest BCUT2D eigenvalue weighted by Crippen LogP contribution is -2.44. The Morgan fingerprint density at radius 1 is 1.21 bits per heavy atom. The van der Waals surface area contributed by atoms with Gasteiger partial charge in [0.2, 0.25) is 5.91 Å². The molecule has 3 rings (SSSR count). The summed E-state index contributed by atoms with van der Waals surface area (Å²) in [6.45, 7) is 2.23. The Balaban J connectivity index is 1.47. The van der Waals surface area contributed by atoms with Gasteiger partial charge in [0.25, 0.3) is 0 Å². The predicted octanol–water partition coefficient (Wildman–Crippen LogP) is 1.12. The van der Waals surface area contributed by atoms with E-state index in [0.29, 0.717) is 13.0 Å². The molecule has 106 valence electrons. The highest BCUT2D eigenvalue weighted by molar-refractivity contribution is 5.89. The maximum atomic E-state index is 12.2. The molecular weight excluding hydrogens is 246 g/mol. The van der Waals surface area contributed by atoms with Crippen molar-refractivity contribution in [2.75, 3.05) is 19.7 Å². The highest BCUT2D eigenvalue weighted by Gasteiger charge is 2.50. The lowest BCUT2D eigenvalue weighted by atomic mass is 10.1. The van der Waals surface area contributed by atoms with Crippen molar-refractivity contribution >= 4 is 11.9 Å². The molecule has 0 radical (unpaired) electrons. The standard InChI is InChI=1S/C14H21NO4/c16-13(11-6-12(11)14(17)18)15-5-1-2-10(7-15)19-8-9-3-4-9/h9-12H,1-8H2,(H,17,18). The minimum atomic E-state index is -0.836. The Bertz CT molecular complexity index is 380. The molecule has 2 aliphatic carbocycles. The van der Waals surface area contributed by atoms with Crippen LogP contribution in [0.15, 0.2) is 0 Å². The Morgan fingerprint density at radius 3 is 2.63 bits per heavy atom. The van der Waals surface area contributed by atoms with Gasteiger partial charge in [0, 0.05) is 19.7 Å². The van der Waals surface area contributed by atoms with E-state index in [9.17, 15) is 9.59 Å². The summed E-state index contributed by atoms with van der Waals surface area (Å²) in [5.41, 5.74) is 0. The summed E-state index contributed by atoms with van der Waals surface area (Å²) in [4.78, 5) is 24.8. The minimum Gasteiger partial charge on any atom is -0.481 e. The molecular formula is C14H21NO4. The van der Waals surface area contributed by atoms with Crippen LogP contribution in [0.3, 0.4) is 0 Å². The van der Waals surface area contributed by atoms with Crippen molar-refractivity contribution in [1.82, 2.24) is 4.90 Å². The molecule has 5 heteroatoms. The Morgan fingerprint density at radius 2 is 2.00 bits per heavy atom. The van der Waals surface area contributed by atoms with Gasteiger partial charge in [-0.25, -0.2) is 0 Å². The molecule has 3 fully saturated rings. The van der Waals surface area contributed by atoms with Gasteiger partial charge in [-0.1, -0.05) is 0 Å². The molecule has 0 aromatic rings. The number of carbonyl (C=O) groups is 2. The number of carboxylic acid groups (broad SMARTS) is 1. The van der Waals surface area contributed by atoms with Gasteiger partial charge < -0.3 is 14.7 Å². The van der Waals surface area contributed by atoms with E-state index in [2.05, 4.69) is 0 Å². The molecule has 1 aliphatic heterocycles. The number of hydrogen-bond donors (Lipinski definition) is 1. The van der Waals surface area contributed by atoms with Crippen LogP contribution in [0.1, 0.15) is 32.1 Å². The van der Waals surface area contributed by atoms with E-state index in [4.69, 9.17) is 9.84 Å². The van der Waals surface area contributed by atoms with Crippen molar-refractivity contribution in [1.29, 1.82) is 0 Å². The molecule has 0 spiro atoms. The quantitative estimate of drug-likeness (QED) is 0.810. The smallest absolute Gasteiger partial charge is 0.307 e. The zero-order valence-corrected chi connectivity index (χ0v) is 11.1. The number of carbonyl (C=O) groups excluding carboxylic acids is 1. The second kappa shape index (κ2) is 5.12. The minimum absolute atomic E-state index is 0.0205. The van der Waals surface area contributed by atoms with E-state index >= 15 is 0 Å². The number of rotatable bonds is 5. The van der Waals surface area contributed by atoms with E-state index in [1.54, 1.807) is 0 Å². The number of likely N-dealkylation sites (tertiary alicyclic amines) is 1. The monoisotopic (exact) mass is 267 g/mol. The first-order valence-electron chi connectivity index (χ1n) is 7.28. The number of hydrogen-bond acceptors (Lipinski definition) is 3. The second-order valence-corrected chi connectivity index (χ2v) is 6.11. The van der Waals surface area contributed by atoms with Gasteiger partial charge in [-0.05, 0) is 38.0 Å². The zero-order chi connectivity index (χ0) is 13.4. The molecule has 3 aliphatic rings. The Hall–Kier alpha value is -1.10. The van der Waals surface area contributed by atoms with Crippen LogP contribution in [0, 0.1) is 17.8 Å². The maximum absolute atomic E-state index is 12.2. The molecule has 5 nitrogen and oxygen atoms in total. The highest BCUT2D eigenvalue weighted by atomic mass is 16.5. The van der Waals surface area contributed by atoms with E-state index in [-0.39, 0.29) is 17.9 Å². The summed E-state index contributed by atoms with van der Waals surface area (Å²) in [7, 11) is 0. The van der Waals surface area contributed by atoms with Crippen molar-refractivity contribution in [3.05, 3.63) is 0 Å². The van der Waals surface area contributed by atoms with Crippen molar-refractivity contribution in [2.45, 2.75) is 38.2 Å². The third kappa shape index (κ3) is 3.08. The summed E-state index contributed by atoms with van der Waals surface area (Å²) in [6.07, 6.45) is 5.20. The molecule has 0 aromatic carbocycles. The van der Waals surface area contributed by atoms with Crippen molar-refractivity contribution in [2.24, 2.45) is 17.8 Å². The van der Waals surface area contributed by atoms with E-state index in [1.165, 1.54) is 12.8 Å². The highest BCUT2D eigenvalue weighted by Crippen LogP contribution is 2.40. The Labute approximate surface area is 112 Å². The van der Waals surface area contributed by atoms with Crippen molar-refractivity contribution < 1.29 is 19.4 Å². The molecule has 1 saturated heterocycles. The number of ether oxygens (including phenoxy) is 1. The largest absolute Gasteiger partial charge is 0.481 e. The fraction of sp³-hybridized carbons (Fsp3) is 0.857. The zero-order valence-electron chi connectivity index (χ0n) is 11.1. The summed E-state index contributed by atoms with van der Waals surface area (Å²) >= 11 is 0. The van der Waals surface area contributed by atoms with Crippen LogP contribution in [-0.2, 0) is 14.3 Å². The average molecular weight is 267 g/mol. The molecule has 1 N–H and O–H groups in total. The fourth-order valence-corrected chi connectivity index (χ4v) is 2.81. The van der Waals surface area contributed by atoms with Crippen LogP contribution in [0.25, 0.3) is 0 Å². The van der Waals surface area contributed by atoms with E-state index in [0.717, 1.165) is 31.9 Å². The summed E-state index contributed by atoms with van der Waals surface area (Å²) in [6, 6.07) is 0.